The Morgan fingerprint density at radius 1 is 0.328 bits per heavy atom. The average Bonchev–Trinajstić information content (AvgIpc) is 3.33. The van der Waals surface area contributed by atoms with Gasteiger partial charge in [-0.3, -0.25) is 14.4 Å². The van der Waals surface area contributed by atoms with Crippen LogP contribution in [-0.4, -0.2) is 37.2 Å². The van der Waals surface area contributed by atoms with Crippen LogP contribution in [0.1, 0.15) is 213 Å². The van der Waals surface area contributed by atoms with Crippen molar-refractivity contribution < 1.29 is 28.6 Å². The topological polar surface area (TPSA) is 78.9 Å². The van der Waals surface area contributed by atoms with Crippen LogP contribution in [-0.2, 0) is 28.6 Å². The van der Waals surface area contributed by atoms with Crippen LogP contribution in [0.15, 0.2) is 134 Å². The molecule has 0 radical (unpaired) electrons. The van der Waals surface area contributed by atoms with Gasteiger partial charge in [-0.25, -0.2) is 0 Å². The van der Waals surface area contributed by atoms with E-state index in [0.717, 1.165) is 109 Å². The molecular formula is C61H96O6. The highest BCUT2D eigenvalue weighted by Crippen LogP contribution is 2.14. The van der Waals surface area contributed by atoms with Crippen molar-refractivity contribution in [2.75, 3.05) is 13.2 Å². The molecule has 0 saturated heterocycles. The minimum Gasteiger partial charge on any atom is -0.462 e. The van der Waals surface area contributed by atoms with Crippen molar-refractivity contribution >= 4 is 17.9 Å². The first-order valence-electron chi connectivity index (χ1n) is 26.8. The van der Waals surface area contributed by atoms with Crippen molar-refractivity contribution in [2.24, 2.45) is 0 Å². The normalized spacial score (nSPS) is 13.2. The predicted octanol–water partition coefficient (Wildman–Crippen LogP) is 17.9. The van der Waals surface area contributed by atoms with Gasteiger partial charge >= 0.3 is 17.9 Å². The van der Waals surface area contributed by atoms with Crippen molar-refractivity contribution in [3.63, 3.8) is 0 Å². The number of ether oxygens (including phenoxy) is 3. The lowest BCUT2D eigenvalue weighted by molar-refractivity contribution is -0.167. The molecule has 1 unspecified atom stereocenters. The van der Waals surface area contributed by atoms with E-state index in [9.17, 15) is 14.4 Å². The molecule has 0 bridgehead atoms. The quantitative estimate of drug-likeness (QED) is 0.0199. The maximum atomic E-state index is 12.8. The minimum atomic E-state index is -0.808. The van der Waals surface area contributed by atoms with Crippen molar-refractivity contribution in [1.29, 1.82) is 0 Å². The molecule has 0 aromatic carbocycles. The second-order valence-electron chi connectivity index (χ2n) is 17.2. The molecule has 1 atom stereocenters. The van der Waals surface area contributed by atoms with Crippen LogP contribution in [0.2, 0.25) is 0 Å². The zero-order chi connectivity index (χ0) is 48.6. The molecule has 6 nitrogen and oxygen atoms in total. The smallest absolute Gasteiger partial charge is 0.306 e. The number of esters is 3. The average molecular weight is 925 g/mol. The van der Waals surface area contributed by atoms with E-state index in [2.05, 4.69) is 81.5 Å². The highest BCUT2D eigenvalue weighted by Gasteiger charge is 2.19. The summed E-state index contributed by atoms with van der Waals surface area (Å²) in [6.45, 7) is 6.31. The summed E-state index contributed by atoms with van der Waals surface area (Å²) in [4.78, 5) is 38.0. The molecular weight excluding hydrogens is 829 g/mol. The van der Waals surface area contributed by atoms with Gasteiger partial charge in [0, 0.05) is 19.3 Å². The Balaban J connectivity index is 4.52. The van der Waals surface area contributed by atoms with Crippen molar-refractivity contribution in [3.8, 4) is 0 Å². The standard InChI is InChI=1S/C61H96O6/c1-4-7-10-13-16-19-22-24-26-28-30-32-34-36-39-42-45-48-51-54-60(63)66-57-58(56-65-59(62)53-50-47-44-41-38-21-18-15-12-9-6-3)67-61(64)55-52-49-46-43-40-37-35-33-31-29-27-25-23-20-17-14-11-8-5-2/h7-8,10-11,13,16-17,19-20,22,24-28,30-34,36,39,58H,4-6,9,12,14-15,18,21,23,29,35,37-38,40-57H2,1-3H3/b10-7-,11-8-,16-13-,20-17-,22-19-,26-24-,27-25-,30-28+,33-31-,34-32-,39-36-. The summed E-state index contributed by atoms with van der Waals surface area (Å²) in [5, 5.41) is 0. The number of hydrogen-bond donors (Lipinski definition) is 0. The lowest BCUT2D eigenvalue weighted by Gasteiger charge is -2.18. The van der Waals surface area contributed by atoms with E-state index >= 15 is 0 Å². The summed E-state index contributed by atoms with van der Waals surface area (Å²) in [5.41, 5.74) is 0. The Morgan fingerprint density at radius 3 is 1.10 bits per heavy atom. The van der Waals surface area contributed by atoms with E-state index in [-0.39, 0.29) is 31.1 Å². The Labute approximate surface area is 411 Å². The lowest BCUT2D eigenvalue weighted by Crippen LogP contribution is -2.30. The molecule has 6 heteroatoms. The van der Waals surface area contributed by atoms with Gasteiger partial charge in [0.05, 0.1) is 0 Å². The molecule has 0 spiro atoms. The number of unbranched alkanes of at least 4 members (excludes halogenated alkanes) is 19. The van der Waals surface area contributed by atoms with Crippen molar-refractivity contribution in [1.82, 2.24) is 0 Å². The fourth-order valence-corrected chi connectivity index (χ4v) is 6.89. The van der Waals surface area contributed by atoms with Gasteiger partial charge in [0.2, 0.25) is 0 Å². The molecule has 0 saturated carbocycles. The van der Waals surface area contributed by atoms with E-state index in [1.807, 2.05) is 72.9 Å². The molecule has 0 aliphatic rings. The van der Waals surface area contributed by atoms with Crippen LogP contribution in [0.25, 0.3) is 0 Å². The number of rotatable bonds is 46. The number of hydrogen-bond acceptors (Lipinski definition) is 6. The molecule has 0 N–H and O–H groups in total. The fourth-order valence-electron chi connectivity index (χ4n) is 6.89. The molecule has 0 fully saturated rings. The maximum Gasteiger partial charge on any atom is 0.306 e. The molecule has 0 aromatic rings. The van der Waals surface area contributed by atoms with Crippen LogP contribution in [0.4, 0.5) is 0 Å². The van der Waals surface area contributed by atoms with Gasteiger partial charge in [-0.05, 0) is 77.0 Å². The lowest BCUT2D eigenvalue weighted by atomic mass is 10.1. The Morgan fingerprint density at radius 2 is 0.657 bits per heavy atom. The molecule has 0 heterocycles. The number of carbonyl (C=O) groups excluding carboxylic acids is 3. The summed E-state index contributed by atoms with van der Waals surface area (Å²) in [6.07, 6.45) is 75.7. The molecule has 0 amide bonds. The highest BCUT2D eigenvalue weighted by atomic mass is 16.6. The van der Waals surface area contributed by atoms with Gasteiger partial charge in [0.1, 0.15) is 13.2 Å². The highest BCUT2D eigenvalue weighted by molar-refractivity contribution is 5.71. The van der Waals surface area contributed by atoms with Gasteiger partial charge < -0.3 is 14.2 Å². The first kappa shape index (κ1) is 62.5. The van der Waals surface area contributed by atoms with Crippen molar-refractivity contribution in [2.45, 2.75) is 219 Å². The van der Waals surface area contributed by atoms with E-state index in [4.69, 9.17) is 14.2 Å². The van der Waals surface area contributed by atoms with Crippen LogP contribution in [0.3, 0.4) is 0 Å². The first-order chi connectivity index (χ1) is 33.0. The van der Waals surface area contributed by atoms with E-state index in [1.54, 1.807) is 0 Å². The molecule has 0 rings (SSSR count). The van der Waals surface area contributed by atoms with Crippen LogP contribution in [0.5, 0.6) is 0 Å². The third-order valence-corrected chi connectivity index (χ3v) is 10.8. The summed E-state index contributed by atoms with van der Waals surface area (Å²) < 4.78 is 16.8. The predicted molar refractivity (Wildman–Crippen MR) is 288 cm³/mol. The molecule has 0 aromatic heterocycles. The summed E-state index contributed by atoms with van der Waals surface area (Å²) >= 11 is 0. The van der Waals surface area contributed by atoms with Gasteiger partial charge in [-0.15, -0.1) is 0 Å². The largest absolute Gasteiger partial charge is 0.462 e. The fraction of sp³-hybridized carbons (Fsp3) is 0.590. The molecule has 0 aliphatic carbocycles. The van der Waals surface area contributed by atoms with Crippen molar-refractivity contribution in [3.05, 3.63) is 134 Å². The summed E-state index contributed by atoms with van der Waals surface area (Å²) in [6, 6.07) is 0. The second kappa shape index (κ2) is 54.2. The molecule has 376 valence electrons. The van der Waals surface area contributed by atoms with Crippen LogP contribution >= 0.6 is 0 Å². The number of allylic oxidation sites excluding steroid dienone is 22. The van der Waals surface area contributed by atoms with E-state index < -0.39 is 6.10 Å². The maximum absolute atomic E-state index is 12.8. The Hall–Kier alpha value is -4.45. The summed E-state index contributed by atoms with van der Waals surface area (Å²) in [5.74, 6) is -0.970. The summed E-state index contributed by atoms with van der Waals surface area (Å²) in [7, 11) is 0. The van der Waals surface area contributed by atoms with E-state index in [1.165, 1.54) is 64.2 Å². The minimum absolute atomic E-state index is 0.102. The zero-order valence-electron chi connectivity index (χ0n) is 42.9. The second-order valence-corrected chi connectivity index (χ2v) is 17.2. The third kappa shape index (κ3) is 52.4. The van der Waals surface area contributed by atoms with Crippen LogP contribution < -0.4 is 0 Å². The van der Waals surface area contributed by atoms with Gasteiger partial charge in [-0.1, -0.05) is 251 Å². The number of carbonyl (C=O) groups is 3. The molecule has 67 heavy (non-hydrogen) atoms. The van der Waals surface area contributed by atoms with Gasteiger partial charge in [-0.2, -0.15) is 0 Å². The monoisotopic (exact) mass is 925 g/mol. The third-order valence-electron chi connectivity index (χ3n) is 10.8. The van der Waals surface area contributed by atoms with Gasteiger partial charge in [0.15, 0.2) is 6.10 Å². The first-order valence-corrected chi connectivity index (χ1v) is 26.8. The Bertz CT molecular complexity index is 1480. The SMILES string of the molecule is CC\C=C/C=C\C=C/C=C\C=C\C=C/C=C\CCCCCC(=O)OCC(COC(=O)CCCCCCCCCCCCC)OC(=O)CCCCCCCC/C=C\C/C=C\C/C=C\C/C=C\CC. The zero-order valence-corrected chi connectivity index (χ0v) is 42.9. The van der Waals surface area contributed by atoms with Crippen LogP contribution in [0, 0.1) is 0 Å². The van der Waals surface area contributed by atoms with E-state index in [0.29, 0.717) is 19.3 Å². The van der Waals surface area contributed by atoms with Gasteiger partial charge in [0.25, 0.3) is 0 Å². The molecule has 0 aliphatic heterocycles. The Kier molecular flexibility index (Phi) is 50.6.